The number of hydrogen-bond acceptors (Lipinski definition) is 4. The summed E-state index contributed by atoms with van der Waals surface area (Å²) >= 11 is 3.35. The van der Waals surface area contributed by atoms with Crippen LogP contribution < -0.4 is 14.8 Å². The summed E-state index contributed by atoms with van der Waals surface area (Å²) in [7, 11) is 3.05. The van der Waals surface area contributed by atoms with Crippen LogP contribution in [0.4, 0.5) is 0 Å². The van der Waals surface area contributed by atoms with Gasteiger partial charge in [0.15, 0.2) is 0 Å². The zero-order valence-corrected chi connectivity index (χ0v) is 12.7. The Labute approximate surface area is 125 Å². The second kappa shape index (κ2) is 6.47. The molecule has 6 heteroatoms. The molecule has 0 spiro atoms. The molecule has 1 aromatic carbocycles. The number of methoxy groups -OCH3 is 2. The Morgan fingerprint density at radius 3 is 2.75 bits per heavy atom. The number of amides is 1. The van der Waals surface area contributed by atoms with Crippen molar-refractivity contribution in [1.82, 2.24) is 5.32 Å². The first-order valence-corrected chi connectivity index (χ1v) is 6.67. The Hall–Kier alpha value is -1.95. The van der Waals surface area contributed by atoms with Gasteiger partial charge in [-0.15, -0.1) is 0 Å². The van der Waals surface area contributed by atoms with Gasteiger partial charge in [-0.05, 0) is 40.2 Å². The molecule has 0 aliphatic heterocycles. The minimum atomic E-state index is -0.266. The quantitative estimate of drug-likeness (QED) is 0.909. The summed E-state index contributed by atoms with van der Waals surface area (Å²) in [6, 6.07) is 6.92. The molecule has 0 unspecified atom stereocenters. The average Bonchev–Trinajstić information content (AvgIpc) is 2.97. The van der Waals surface area contributed by atoms with Crippen LogP contribution in [0.1, 0.15) is 16.1 Å². The van der Waals surface area contributed by atoms with E-state index < -0.39 is 0 Å². The molecule has 1 amide bonds. The van der Waals surface area contributed by atoms with Crippen molar-refractivity contribution in [2.75, 3.05) is 14.2 Å². The number of carbonyl (C=O) groups is 1. The standard InChI is InChI=1S/C14H14BrNO4/c1-18-10-6-11(13(19-2)12(15)7-10)14(17)16-8-9-4-3-5-20-9/h3-7H,8H2,1-2H3,(H,16,17). The third kappa shape index (κ3) is 3.14. The molecule has 1 heterocycles. The average molecular weight is 340 g/mol. The number of hydrogen-bond donors (Lipinski definition) is 1. The van der Waals surface area contributed by atoms with E-state index in [9.17, 15) is 4.79 Å². The van der Waals surface area contributed by atoms with Gasteiger partial charge in [0.05, 0.1) is 37.1 Å². The second-order valence-electron chi connectivity index (χ2n) is 3.95. The van der Waals surface area contributed by atoms with Crippen LogP contribution in [0.25, 0.3) is 0 Å². The molecular weight excluding hydrogens is 326 g/mol. The van der Waals surface area contributed by atoms with Gasteiger partial charge in [-0.1, -0.05) is 0 Å². The summed E-state index contributed by atoms with van der Waals surface area (Å²) in [5, 5.41) is 2.77. The maximum Gasteiger partial charge on any atom is 0.255 e. The zero-order valence-electron chi connectivity index (χ0n) is 11.1. The van der Waals surface area contributed by atoms with E-state index in [1.54, 1.807) is 37.6 Å². The number of halogens is 1. The molecule has 20 heavy (non-hydrogen) atoms. The Morgan fingerprint density at radius 2 is 2.15 bits per heavy atom. The highest BCUT2D eigenvalue weighted by atomic mass is 79.9. The molecule has 0 atom stereocenters. The Kier molecular flexibility index (Phi) is 4.68. The van der Waals surface area contributed by atoms with E-state index >= 15 is 0 Å². The van der Waals surface area contributed by atoms with Gasteiger partial charge in [-0.25, -0.2) is 0 Å². The third-order valence-corrected chi connectivity index (χ3v) is 3.29. The fourth-order valence-corrected chi connectivity index (χ4v) is 2.34. The predicted octanol–water partition coefficient (Wildman–Crippen LogP) is 2.99. The van der Waals surface area contributed by atoms with Gasteiger partial charge in [-0.3, -0.25) is 4.79 Å². The molecule has 1 aromatic heterocycles. The van der Waals surface area contributed by atoms with Crippen LogP contribution in [0, 0.1) is 0 Å². The van der Waals surface area contributed by atoms with Gasteiger partial charge in [0.2, 0.25) is 0 Å². The van der Waals surface area contributed by atoms with Gasteiger partial charge < -0.3 is 19.2 Å². The maximum absolute atomic E-state index is 12.2. The van der Waals surface area contributed by atoms with E-state index in [4.69, 9.17) is 13.9 Å². The van der Waals surface area contributed by atoms with E-state index in [1.807, 2.05) is 0 Å². The van der Waals surface area contributed by atoms with E-state index in [0.29, 0.717) is 33.8 Å². The van der Waals surface area contributed by atoms with Crippen LogP contribution in [-0.2, 0) is 6.54 Å². The summed E-state index contributed by atoms with van der Waals surface area (Å²) in [6.07, 6.45) is 1.56. The highest BCUT2D eigenvalue weighted by Gasteiger charge is 2.17. The molecule has 0 bridgehead atoms. The molecule has 0 aliphatic rings. The van der Waals surface area contributed by atoms with Crippen molar-refractivity contribution in [2.24, 2.45) is 0 Å². The summed E-state index contributed by atoms with van der Waals surface area (Å²) in [4.78, 5) is 12.2. The summed E-state index contributed by atoms with van der Waals surface area (Å²) in [6.45, 7) is 0.309. The lowest BCUT2D eigenvalue weighted by Gasteiger charge is -2.12. The Bertz CT molecular complexity index is 595. The van der Waals surface area contributed by atoms with Crippen LogP contribution in [0.2, 0.25) is 0 Å². The normalized spacial score (nSPS) is 10.2. The lowest BCUT2D eigenvalue weighted by Crippen LogP contribution is -2.23. The summed E-state index contributed by atoms with van der Waals surface area (Å²) < 4.78 is 16.2. The van der Waals surface area contributed by atoms with Gasteiger partial charge in [0.25, 0.3) is 5.91 Å². The minimum Gasteiger partial charge on any atom is -0.497 e. The fraction of sp³-hybridized carbons (Fsp3) is 0.214. The molecule has 106 valence electrons. The largest absolute Gasteiger partial charge is 0.497 e. The molecule has 2 rings (SSSR count). The molecule has 0 saturated carbocycles. The van der Waals surface area contributed by atoms with Crippen molar-refractivity contribution in [3.05, 3.63) is 46.3 Å². The third-order valence-electron chi connectivity index (χ3n) is 2.70. The molecule has 0 fully saturated rings. The first-order chi connectivity index (χ1) is 9.65. The van der Waals surface area contributed by atoms with Crippen LogP contribution in [0.5, 0.6) is 11.5 Å². The van der Waals surface area contributed by atoms with Gasteiger partial charge in [0.1, 0.15) is 17.3 Å². The monoisotopic (exact) mass is 339 g/mol. The topological polar surface area (TPSA) is 60.7 Å². The number of nitrogens with one attached hydrogen (secondary N) is 1. The molecule has 2 aromatic rings. The van der Waals surface area contributed by atoms with Gasteiger partial charge in [-0.2, -0.15) is 0 Å². The number of carbonyl (C=O) groups excluding carboxylic acids is 1. The van der Waals surface area contributed by atoms with E-state index in [2.05, 4.69) is 21.2 Å². The van der Waals surface area contributed by atoms with E-state index in [-0.39, 0.29) is 5.91 Å². The summed E-state index contributed by atoms with van der Waals surface area (Å²) in [5.74, 6) is 1.45. The van der Waals surface area contributed by atoms with Crippen LogP contribution in [0.3, 0.4) is 0 Å². The van der Waals surface area contributed by atoms with Crippen LogP contribution in [-0.4, -0.2) is 20.1 Å². The summed E-state index contributed by atoms with van der Waals surface area (Å²) in [5.41, 5.74) is 0.394. The first kappa shape index (κ1) is 14.5. The number of furan rings is 1. The van der Waals surface area contributed by atoms with Crippen molar-refractivity contribution in [3.63, 3.8) is 0 Å². The zero-order chi connectivity index (χ0) is 14.5. The Balaban J connectivity index is 2.21. The number of rotatable bonds is 5. The smallest absolute Gasteiger partial charge is 0.255 e. The fourth-order valence-electron chi connectivity index (χ4n) is 1.74. The van der Waals surface area contributed by atoms with Gasteiger partial charge in [0, 0.05) is 0 Å². The number of ether oxygens (including phenoxy) is 2. The molecule has 5 nitrogen and oxygen atoms in total. The first-order valence-electron chi connectivity index (χ1n) is 5.87. The van der Waals surface area contributed by atoms with E-state index in [1.165, 1.54) is 7.11 Å². The number of benzene rings is 1. The minimum absolute atomic E-state index is 0.266. The maximum atomic E-state index is 12.2. The Morgan fingerprint density at radius 1 is 1.35 bits per heavy atom. The van der Waals surface area contributed by atoms with Gasteiger partial charge >= 0.3 is 0 Å². The second-order valence-corrected chi connectivity index (χ2v) is 4.81. The highest BCUT2D eigenvalue weighted by Crippen LogP contribution is 2.33. The molecule has 0 radical (unpaired) electrons. The molecule has 0 saturated heterocycles. The van der Waals surface area contributed by atoms with Crippen molar-refractivity contribution >= 4 is 21.8 Å². The van der Waals surface area contributed by atoms with Crippen molar-refractivity contribution in [1.29, 1.82) is 0 Å². The SMILES string of the molecule is COc1cc(Br)c(OC)c(C(=O)NCc2ccco2)c1. The van der Waals surface area contributed by atoms with Crippen LogP contribution >= 0.6 is 15.9 Å². The van der Waals surface area contributed by atoms with Crippen molar-refractivity contribution in [2.45, 2.75) is 6.54 Å². The van der Waals surface area contributed by atoms with Crippen molar-refractivity contribution < 1.29 is 18.7 Å². The van der Waals surface area contributed by atoms with Crippen molar-refractivity contribution in [3.8, 4) is 11.5 Å². The highest BCUT2D eigenvalue weighted by molar-refractivity contribution is 9.10. The van der Waals surface area contributed by atoms with E-state index in [0.717, 1.165) is 0 Å². The predicted molar refractivity (Wildman–Crippen MR) is 77.1 cm³/mol. The molecule has 0 aliphatic carbocycles. The lowest BCUT2D eigenvalue weighted by molar-refractivity contribution is 0.0944. The lowest BCUT2D eigenvalue weighted by atomic mass is 10.1. The van der Waals surface area contributed by atoms with Crippen LogP contribution in [0.15, 0.2) is 39.4 Å². The molecule has 1 N–H and O–H groups in total. The molecular formula is C14H14BrNO4.